The molecule has 2 heterocycles. The number of carbonyl (C=O) groups excluding carboxylic acids is 4. The number of piperidine rings is 1. The Labute approximate surface area is 196 Å². The maximum atomic E-state index is 14.7. The van der Waals surface area contributed by atoms with Crippen LogP contribution in [0.3, 0.4) is 0 Å². The minimum absolute atomic E-state index is 0.0274. The molecule has 12 heteroatoms. The van der Waals surface area contributed by atoms with Crippen molar-refractivity contribution in [1.82, 2.24) is 10.2 Å². The van der Waals surface area contributed by atoms with E-state index in [2.05, 4.69) is 15.4 Å². The van der Waals surface area contributed by atoms with E-state index in [9.17, 15) is 36.7 Å². The van der Waals surface area contributed by atoms with Gasteiger partial charge in [-0.05, 0) is 29.7 Å². The Kier molecular flexibility index (Phi) is 6.57. The first-order valence-electron chi connectivity index (χ1n) is 10.6. The van der Waals surface area contributed by atoms with Crippen LogP contribution in [-0.2, 0) is 27.5 Å². The fourth-order valence-electron chi connectivity index (χ4n) is 3.93. The molecule has 1 unspecified atom stereocenters. The molecule has 0 aliphatic carbocycles. The summed E-state index contributed by atoms with van der Waals surface area (Å²) in [5, 5.41) is 4.89. The second-order valence-electron chi connectivity index (χ2n) is 8.07. The Bertz CT molecular complexity index is 1200. The van der Waals surface area contributed by atoms with Gasteiger partial charge >= 0.3 is 6.18 Å². The minimum atomic E-state index is -4.42. The summed E-state index contributed by atoms with van der Waals surface area (Å²) >= 11 is 0. The molecule has 0 spiro atoms. The van der Waals surface area contributed by atoms with Gasteiger partial charge in [0.05, 0.1) is 23.4 Å². The number of hydrogen-bond acceptors (Lipinski definition) is 6. The first kappa shape index (κ1) is 24.3. The van der Waals surface area contributed by atoms with Crippen molar-refractivity contribution < 1.29 is 41.5 Å². The lowest BCUT2D eigenvalue weighted by atomic mass is 10.0. The Morgan fingerprint density at radius 1 is 1.00 bits per heavy atom. The second-order valence-corrected chi connectivity index (χ2v) is 8.07. The molecule has 2 aliphatic heterocycles. The highest BCUT2D eigenvalue weighted by Crippen LogP contribution is 2.34. The molecule has 1 atom stereocenters. The van der Waals surface area contributed by atoms with Crippen LogP contribution < -0.4 is 10.6 Å². The Balaban J connectivity index is 1.48. The van der Waals surface area contributed by atoms with E-state index in [-0.39, 0.29) is 42.8 Å². The van der Waals surface area contributed by atoms with Crippen LogP contribution in [0, 0.1) is 5.82 Å². The molecule has 0 saturated carbocycles. The van der Waals surface area contributed by atoms with Gasteiger partial charge in [0.15, 0.2) is 0 Å². The number of halogens is 4. The first-order chi connectivity index (χ1) is 16.5. The number of hydrogen-bond donors (Lipinski definition) is 2. The highest BCUT2D eigenvalue weighted by Gasteiger charge is 2.46. The van der Waals surface area contributed by atoms with Crippen molar-refractivity contribution in [2.45, 2.75) is 38.2 Å². The molecule has 4 rings (SSSR count). The zero-order chi connectivity index (χ0) is 25.3. The van der Waals surface area contributed by atoms with E-state index >= 15 is 0 Å². The molecule has 0 bridgehead atoms. The van der Waals surface area contributed by atoms with E-state index in [0.717, 1.165) is 17.0 Å². The topological polar surface area (TPSA) is 105 Å². The molecule has 0 radical (unpaired) electrons. The lowest BCUT2D eigenvalue weighted by Gasteiger charge is -2.27. The number of nitrogens with one attached hydrogen (secondary N) is 2. The second kappa shape index (κ2) is 9.45. The van der Waals surface area contributed by atoms with Crippen LogP contribution in [0.4, 0.5) is 23.2 Å². The average molecular weight is 493 g/mol. The number of imide groups is 2. The highest BCUT2D eigenvalue weighted by atomic mass is 19.4. The number of nitrogens with zero attached hydrogens (tertiary/aromatic N) is 1. The summed E-state index contributed by atoms with van der Waals surface area (Å²) in [6.45, 7) is -1.56. The number of anilines is 1. The van der Waals surface area contributed by atoms with E-state index < -0.39 is 48.3 Å². The number of carbonyl (C=O) groups is 4. The van der Waals surface area contributed by atoms with Crippen molar-refractivity contribution in [3.8, 4) is 0 Å². The third-order valence-electron chi connectivity index (χ3n) is 5.58. The molecule has 2 aromatic carbocycles. The zero-order valence-corrected chi connectivity index (χ0v) is 18.1. The van der Waals surface area contributed by atoms with Crippen molar-refractivity contribution in [1.29, 1.82) is 0 Å². The van der Waals surface area contributed by atoms with Crippen LogP contribution >= 0.6 is 0 Å². The molecule has 4 amide bonds. The lowest BCUT2D eigenvalue weighted by molar-refractivity contribution is -0.176. The molecule has 2 N–H and O–H groups in total. The number of amides is 4. The van der Waals surface area contributed by atoms with Gasteiger partial charge in [0, 0.05) is 13.0 Å². The number of rotatable bonds is 7. The van der Waals surface area contributed by atoms with Crippen LogP contribution in [-0.4, -0.2) is 47.4 Å². The quantitative estimate of drug-likeness (QED) is 0.454. The van der Waals surface area contributed by atoms with Crippen LogP contribution in [0.15, 0.2) is 36.4 Å². The Morgan fingerprint density at radius 2 is 1.69 bits per heavy atom. The number of ether oxygens (including phenoxy) is 1. The van der Waals surface area contributed by atoms with Gasteiger partial charge < -0.3 is 10.1 Å². The van der Waals surface area contributed by atoms with Crippen molar-refractivity contribution in [3.05, 3.63) is 64.5 Å². The molecule has 1 saturated heterocycles. The predicted octanol–water partition coefficient (Wildman–Crippen LogP) is 2.92. The fraction of sp³-hybridized carbons (Fsp3) is 0.304. The van der Waals surface area contributed by atoms with Crippen LogP contribution in [0.25, 0.3) is 0 Å². The summed E-state index contributed by atoms with van der Waals surface area (Å²) in [6.07, 6.45) is -4.49. The van der Waals surface area contributed by atoms with Crippen molar-refractivity contribution >= 4 is 29.3 Å². The van der Waals surface area contributed by atoms with E-state index in [1.807, 2.05) is 0 Å². The molecule has 35 heavy (non-hydrogen) atoms. The van der Waals surface area contributed by atoms with Gasteiger partial charge in [-0.25, -0.2) is 4.39 Å². The lowest BCUT2D eigenvalue weighted by Crippen LogP contribution is -2.54. The van der Waals surface area contributed by atoms with Gasteiger partial charge in [-0.3, -0.25) is 29.4 Å². The van der Waals surface area contributed by atoms with Gasteiger partial charge in [0.1, 0.15) is 18.5 Å². The normalized spacial score (nSPS) is 18.1. The summed E-state index contributed by atoms with van der Waals surface area (Å²) < 4.78 is 55.8. The van der Waals surface area contributed by atoms with Crippen LogP contribution in [0.1, 0.15) is 44.7 Å². The summed E-state index contributed by atoms with van der Waals surface area (Å²) in [6, 6.07) is 7.32. The zero-order valence-electron chi connectivity index (χ0n) is 18.1. The van der Waals surface area contributed by atoms with Gasteiger partial charge in [0.25, 0.3) is 11.8 Å². The smallest absolute Gasteiger partial charge is 0.378 e. The van der Waals surface area contributed by atoms with Gasteiger partial charge in [0.2, 0.25) is 11.8 Å². The summed E-state index contributed by atoms with van der Waals surface area (Å²) in [7, 11) is 0. The largest absolute Gasteiger partial charge is 0.411 e. The number of alkyl halides is 3. The van der Waals surface area contributed by atoms with Crippen molar-refractivity contribution in [2.75, 3.05) is 11.9 Å². The third-order valence-corrected chi connectivity index (χ3v) is 5.58. The standard InChI is InChI=1S/C23H19F4N3O5/c24-15-6-5-14-18(22(34)30(21(14)33)16-7-8-17(31)29-20(16)32)19(15)28-9-12-1-3-13(4-2-12)10-35-11-23(25,26)27/h1-6,16,28H,7-11H2,(H,29,31,32). The number of benzene rings is 2. The Hall–Kier alpha value is -3.80. The third kappa shape index (κ3) is 5.16. The molecule has 184 valence electrons. The SMILES string of the molecule is O=C1CCC(N2C(=O)c3ccc(F)c(NCc4ccc(COCC(F)(F)F)cc4)c3C2=O)C(=O)N1. The van der Waals surface area contributed by atoms with Gasteiger partial charge in [-0.15, -0.1) is 0 Å². The van der Waals surface area contributed by atoms with E-state index in [0.29, 0.717) is 11.1 Å². The molecule has 0 aromatic heterocycles. The number of fused-ring (bicyclic) bond motifs is 1. The fourth-order valence-corrected chi connectivity index (χ4v) is 3.93. The van der Waals surface area contributed by atoms with Crippen LogP contribution in [0.2, 0.25) is 0 Å². The van der Waals surface area contributed by atoms with Gasteiger partial charge in [-0.1, -0.05) is 24.3 Å². The van der Waals surface area contributed by atoms with E-state index in [1.165, 1.54) is 0 Å². The molecule has 2 aliphatic rings. The van der Waals surface area contributed by atoms with Crippen molar-refractivity contribution in [3.63, 3.8) is 0 Å². The Morgan fingerprint density at radius 3 is 2.34 bits per heavy atom. The molecular formula is C23H19F4N3O5. The first-order valence-corrected chi connectivity index (χ1v) is 10.6. The van der Waals surface area contributed by atoms with Gasteiger partial charge in [-0.2, -0.15) is 13.2 Å². The van der Waals surface area contributed by atoms with E-state index in [4.69, 9.17) is 0 Å². The molecule has 2 aromatic rings. The summed E-state index contributed by atoms with van der Waals surface area (Å²) in [5.74, 6) is -3.67. The summed E-state index contributed by atoms with van der Waals surface area (Å²) in [5.41, 5.74) is 0.636. The molecular weight excluding hydrogens is 474 g/mol. The molecule has 1 fully saturated rings. The van der Waals surface area contributed by atoms with Crippen LogP contribution in [0.5, 0.6) is 0 Å². The van der Waals surface area contributed by atoms with E-state index in [1.54, 1.807) is 24.3 Å². The maximum absolute atomic E-state index is 14.7. The highest BCUT2D eigenvalue weighted by molar-refractivity contribution is 6.25. The monoisotopic (exact) mass is 493 g/mol. The summed E-state index contributed by atoms with van der Waals surface area (Å²) in [4.78, 5) is 50.3. The van der Waals surface area contributed by atoms with Crippen molar-refractivity contribution in [2.24, 2.45) is 0 Å². The predicted molar refractivity (Wildman–Crippen MR) is 113 cm³/mol. The minimum Gasteiger partial charge on any atom is -0.378 e. The molecule has 8 nitrogen and oxygen atoms in total. The average Bonchev–Trinajstić information content (AvgIpc) is 3.03. The maximum Gasteiger partial charge on any atom is 0.411 e.